The molecule has 11 heteroatoms. The number of nitrogens with two attached hydrogens (primary N) is 1. The number of carbonyl (C=O) groups excluding carboxylic acids is 1. The summed E-state index contributed by atoms with van der Waals surface area (Å²) in [5.74, 6) is -0.134. The van der Waals surface area contributed by atoms with Crippen LogP contribution in [0.1, 0.15) is 24.2 Å². The zero-order valence-electron chi connectivity index (χ0n) is 15.7. The van der Waals surface area contributed by atoms with Gasteiger partial charge in [0.05, 0.1) is 11.8 Å². The van der Waals surface area contributed by atoms with Crippen molar-refractivity contribution in [1.82, 2.24) is 9.97 Å². The number of nitrogens with zero attached hydrogens (tertiary/aromatic N) is 2. The molecule has 0 bridgehead atoms. The molecule has 0 aliphatic rings. The molecule has 0 saturated carbocycles. The van der Waals surface area contributed by atoms with Gasteiger partial charge in [-0.3, -0.25) is 4.79 Å². The molecule has 0 fully saturated rings. The van der Waals surface area contributed by atoms with Crippen LogP contribution in [0.2, 0.25) is 0 Å². The van der Waals surface area contributed by atoms with Crippen molar-refractivity contribution in [1.29, 1.82) is 0 Å². The zero-order chi connectivity index (χ0) is 20.9. The van der Waals surface area contributed by atoms with Gasteiger partial charge in [0.25, 0.3) is 5.91 Å². The summed E-state index contributed by atoms with van der Waals surface area (Å²) >= 11 is 0. The molecule has 28 heavy (non-hydrogen) atoms. The van der Waals surface area contributed by atoms with Gasteiger partial charge < -0.3 is 25.7 Å². The molecule has 10 nitrogen and oxygen atoms in total. The first-order chi connectivity index (χ1) is 13.1. The summed E-state index contributed by atoms with van der Waals surface area (Å²) in [6.07, 6.45) is 2.26. The van der Waals surface area contributed by atoms with Gasteiger partial charge in [-0.1, -0.05) is 6.92 Å². The van der Waals surface area contributed by atoms with Crippen LogP contribution in [0.4, 0.5) is 17.5 Å². The van der Waals surface area contributed by atoms with Crippen molar-refractivity contribution in [2.45, 2.75) is 19.9 Å². The average molecular weight is 409 g/mol. The topological polar surface area (TPSA) is 157 Å². The number of primary amides is 1. The Morgan fingerprint density at radius 3 is 2.46 bits per heavy atom. The fourth-order valence-corrected chi connectivity index (χ4v) is 2.61. The molecule has 1 aromatic heterocycles. The Morgan fingerprint density at radius 2 is 1.93 bits per heavy atom. The van der Waals surface area contributed by atoms with E-state index in [1.807, 2.05) is 13.8 Å². The van der Waals surface area contributed by atoms with Crippen LogP contribution in [-0.4, -0.2) is 48.3 Å². The summed E-state index contributed by atoms with van der Waals surface area (Å²) in [6, 6.07) is 5.97. The van der Waals surface area contributed by atoms with Crippen LogP contribution in [0.25, 0.3) is 0 Å². The van der Waals surface area contributed by atoms with Crippen LogP contribution in [0.5, 0.6) is 5.75 Å². The van der Waals surface area contributed by atoms with Gasteiger partial charge in [-0.05, 0) is 37.1 Å². The number of aliphatic hydroxyl groups excluding tert-OH is 1. The van der Waals surface area contributed by atoms with Crippen LogP contribution in [0.15, 0.2) is 30.5 Å². The van der Waals surface area contributed by atoms with Crippen molar-refractivity contribution in [2.75, 3.05) is 23.5 Å². The lowest BCUT2D eigenvalue weighted by Crippen LogP contribution is -2.28. The van der Waals surface area contributed by atoms with Crippen LogP contribution in [-0.2, 0) is 10.1 Å². The molecule has 2 rings (SSSR count). The van der Waals surface area contributed by atoms with Gasteiger partial charge in [0.1, 0.15) is 11.6 Å². The zero-order valence-corrected chi connectivity index (χ0v) is 16.5. The highest BCUT2D eigenvalue weighted by Gasteiger charge is 2.17. The van der Waals surface area contributed by atoms with Crippen molar-refractivity contribution < 1.29 is 22.5 Å². The summed E-state index contributed by atoms with van der Waals surface area (Å²) in [7, 11) is -3.60. The number of carbonyl (C=O) groups is 1. The fraction of sp³-hybridized carbons (Fsp3) is 0.353. The van der Waals surface area contributed by atoms with E-state index in [9.17, 15) is 18.3 Å². The van der Waals surface area contributed by atoms with E-state index >= 15 is 0 Å². The molecule has 5 N–H and O–H groups in total. The Labute approximate surface area is 163 Å². The molecular formula is C17H23N5O5S. The van der Waals surface area contributed by atoms with Gasteiger partial charge in [-0.2, -0.15) is 13.4 Å². The lowest BCUT2D eigenvalue weighted by molar-refractivity contribution is 0.100. The Morgan fingerprint density at radius 1 is 1.29 bits per heavy atom. The summed E-state index contributed by atoms with van der Waals surface area (Å²) in [4.78, 5) is 20.0. The molecular weight excluding hydrogens is 386 g/mol. The lowest BCUT2D eigenvalue weighted by Gasteiger charge is -2.21. The van der Waals surface area contributed by atoms with Gasteiger partial charge in [0.2, 0.25) is 5.95 Å². The number of rotatable bonds is 9. The maximum atomic E-state index is 11.6. The molecule has 1 amide bonds. The van der Waals surface area contributed by atoms with Gasteiger partial charge in [0, 0.05) is 24.5 Å². The monoisotopic (exact) mass is 409 g/mol. The first-order valence-electron chi connectivity index (χ1n) is 8.40. The van der Waals surface area contributed by atoms with E-state index in [0.29, 0.717) is 5.69 Å². The highest BCUT2D eigenvalue weighted by Crippen LogP contribution is 2.22. The van der Waals surface area contributed by atoms with E-state index in [2.05, 4.69) is 20.6 Å². The Kier molecular flexibility index (Phi) is 6.75. The number of aromatic nitrogens is 2. The van der Waals surface area contributed by atoms with Crippen molar-refractivity contribution in [3.05, 3.63) is 36.0 Å². The third kappa shape index (κ3) is 6.06. The molecule has 0 aliphatic heterocycles. The van der Waals surface area contributed by atoms with Gasteiger partial charge in [-0.25, -0.2) is 4.98 Å². The number of hydrogen-bond acceptors (Lipinski definition) is 9. The fourth-order valence-electron chi connectivity index (χ4n) is 2.15. The minimum Gasteiger partial charge on any atom is -0.396 e. The van der Waals surface area contributed by atoms with E-state index in [0.717, 1.165) is 6.26 Å². The predicted octanol–water partition coefficient (Wildman–Crippen LogP) is 1.09. The number of hydrogen-bond donors (Lipinski definition) is 4. The lowest BCUT2D eigenvalue weighted by atomic mass is 10.1. The predicted molar refractivity (Wildman–Crippen MR) is 105 cm³/mol. The van der Waals surface area contributed by atoms with Gasteiger partial charge >= 0.3 is 10.1 Å². The molecule has 1 heterocycles. The van der Waals surface area contributed by atoms with Crippen molar-refractivity contribution in [3.8, 4) is 5.75 Å². The van der Waals surface area contributed by atoms with E-state index in [1.165, 1.54) is 18.3 Å². The first-order valence-corrected chi connectivity index (χ1v) is 10.2. The molecule has 2 unspecified atom stereocenters. The number of aliphatic hydroxyl groups is 1. The molecule has 0 saturated heterocycles. The van der Waals surface area contributed by atoms with Crippen LogP contribution in [0, 0.1) is 5.92 Å². The third-order valence-electron chi connectivity index (χ3n) is 3.92. The second kappa shape index (κ2) is 8.85. The molecule has 2 aromatic rings. The molecule has 152 valence electrons. The van der Waals surface area contributed by atoms with E-state index in [4.69, 9.17) is 9.92 Å². The minimum absolute atomic E-state index is 0.0296. The number of benzene rings is 1. The Balaban J connectivity index is 2.21. The first kappa shape index (κ1) is 21.4. The highest BCUT2D eigenvalue weighted by atomic mass is 32.2. The van der Waals surface area contributed by atoms with Gasteiger partial charge in [0.15, 0.2) is 0 Å². The number of anilines is 3. The second-order valence-electron chi connectivity index (χ2n) is 6.35. The molecule has 1 aromatic carbocycles. The summed E-state index contributed by atoms with van der Waals surface area (Å²) in [5, 5.41) is 15.3. The molecule has 2 atom stereocenters. The second-order valence-corrected chi connectivity index (χ2v) is 7.92. The summed E-state index contributed by atoms with van der Waals surface area (Å²) < 4.78 is 27.1. The standard InChI is InChI=1S/C17H23N5O5S/c1-10(9-23)11(2)20-16-14(15(18)24)8-19-17(22-16)21-12-4-6-13(7-5-12)27-28(3,25)26/h4-8,10-11,23H,9H2,1-3H3,(H2,18,24)(H2,19,20,21,22). The SMILES string of the molecule is CC(CO)C(C)Nc1nc(Nc2ccc(OS(C)(=O)=O)cc2)ncc1C(N)=O. The van der Waals surface area contributed by atoms with E-state index < -0.39 is 16.0 Å². The molecule has 0 spiro atoms. The molecule has 0 aliphatic carbocycles. The third-order valence-corrected chi connectivity index (χ3v) is 4.41. The minimum atomic E-state index is -3.60. The smallest absolute Gasteiger partial charge is 0.306 e. The highest BCUT2D eigenvalue weighted by molar-refractivity contribution is 7.86. The normalized spacial score (nSPS) is 13.4. The van der Waals surface area contributed by atoms with Crippen molar-refractivity contribution >= 4 is 33.5 Å². The molecule has 0 radical (unpaired) electrons. The maximum Gasteiger partial charge on any atom is 0.306 e. The van der Waals surface area contributed by atoms with Crippen LogP contribution < -0.4 is 20.6 Å². The van der Waals surface area contributed by atoms with Crippen molar-refractivity contribution in [2.24, 2.45) is 11.7 Å². The quantitative estimate of drug-likeness (QED) is 0.445. The average Bonchev–Trinajstić information content (AvgIpc) is 2.61. The van der Waals surface area contributed by atoms with E-state index in [1.54, 1.807) is 12.1 Å². The summed E-state index contributed by atoms with van der Waals surface area (Å²) in [6.45, 7) is 3.67. The van der Waals surface area contributed by atoms with Crippen LogP contribution in [0.3, 0.4) is 0 Å². The number of amides is 1. The number of nitrogens with one attached hydrogen (secondary N) is 2. The van der Waals surface area contributed by atoms with Gasteiger partial charge in [-0.15, -0.1) is 0 Å². The maximum absolute atomic E-state index is 11.6. The van der Waals surface area contributed by atoms with Crippen molar-refractivity contribution in [3.63, 3.8) is 0 Å². The Bertz CT molecular complexity index is 933. The van der Waals surface area contributed by atoms with E-state index in [-0.39, 0.29) is 41.6 Å². The Hall–Kier alpha value is -2.92. The largest absolute Gasteiger partial charge is 0.396 e. The summed E-state index contributed by atoms with van der Waals surface area (Å²) in [5.41, 5.74) is 6.08. The van der Waals surface area contributed by atoms with Crippen LogP contribution >= 0.6 is 0 Å².